The Hall–Kier alpha value is -1.95. The maximum atomic E-state index is 4.92. The smallest absolute Gasteiger partial charge is 0.104 e. The Kier molecular flexibility index (Phi) is 4.93. The van der Waals surface area contributed by atoms with Gasteiger partial charge in [-0.15, -0.1) is 23.7 Å². The standard InChI is InChI=1S/C21H22N4S.ClH/c1-12-9-16(10-18-20(12)24-13(2)23-18)15-3-4-17-19(11-15)26-21(25-17)14-5-7-22-8-6-14;/h3-4,9-11,14,22H,5-8H2,1-2H3,(H,23,24);1H. The van der Waals surface area contributed by atoms with Crippen LogP contribution in [0.5, 0.6) is 0 Å². The van der Waals surface area contributed by atoms with E-state index in [1.54, 1.807) is 0 Å². The Morgan fingerprint density at radius 2 is 1.81 bits per heavy atom. The van der Waals surface area contributed by atoms with E-state index in [2.05, 4.69) is 52.5 Å². The van der Waals surface area contributed by atoms with Crippen LogP contribution in [0.15, 0.2) is 30.3 Å². The molecule has 1 aliphatic rings. The minimum absolute atomic E-state index is 0. The van der Waals surface area contributed by atoms with Gasteiger partial charge in [-0.1, -0.05) is 6.07 Å². The molecule has 0 saturated carbocycles. The van der Waals surface area contributed by atoms with Crippen LogP contribution in [0.4, 0.5) is 0 Å². The van der Waals surface area contributed by atoms with Crippen LogP contribution in [0.25, 0.3) is 32.4 Å². The molecule has 2 N–H and O–H groups in total. The number of hydrogen-bond donors (Lipinski definition) is 2. The van der Waals surface area contributed by atoms with E-state index in [0.717, 1.165) is 35.5 Å². The van der Waals surface area contributed by atoms with E-state index < -0.39 is 0 Å². The third-order valence-electron chi connectivity index (χ3n) is 5.32. The normalized spacial score (nSPS) is 15.3. The molecule has 0 bridgehead atoms. The number of imidazole rings is 1. The highest BCUT2D eigenvalue weighted by atomic mass is 35.5. The van der Waals surface area contributed by atoms with Crippen LogP contribution < -0.4 is 5.32 Å². The zero-order valence-corrected chi connectivity index (χ0v) is 17.1. The van der Waals surface area contributed by atoms with Gasteiger partial charge in [0.25, 0.3) is 0 Å². The summed E-state index contributed by atoms with van der Waals surface area (Å²) in [5.74, 6) is 1.58. The van der Waals surface area contributed by atoms with Crippen molar-refractivity contribution in [2.24, 2.45) is 0 Å². The molecule has 2 aromatic carbocycles. The second kappa shape index (κ2) is 7.23. The van der Waals surface area contributed by atoms with E-state index >= 15 is 0 Å². The number of hydrogen-bond acceptors (Lipinski definition) is 4. The first-order chi connectivity index (χ1) is 12.7. The fourth-order valence-corrected chi connectivity index (χ4v) is 5.12. The van der Waals surface area contributed by atoms with Crippen molar-refractivity contribution in [3.05, 3.63) is 46.7 Å². The number of nitrogens with one attached hydrogen (secondary N) is 2. The minimum Gasteiger partial charge on any atom is -0.342 e. The summed E-state index contributed by atoms with van der Waals surface area (Å²) in [5.41, 5.74) is 6.99. The number of rotatable bonds is 2. The summed E-state index contributed by atoms with van der Waals surface area (Å²) < 4.78 is 1.29. The van der Waals surface area contributed by atoms with Crippen LogP contribution in [-0.4, -0.2) is 28.0 Å². The van der Waals surface area contributed by atoms with Crippen LogP contribution in [0.3, 0.4) is 0 Å². The zero-order valence-electron chi connectivity index (χ0n) is 15.5. The Balaban J connectivity index is 0.00000180. The van der Waals surface area contributed by atoms with Crippen molar-refractivity contribution in [3.8, 4) is 11.1 Å². The van der Waals surface area contributed by atoms with Crippen molar-refractivity contribution in [1.29, 1.82) is 0 Å². The van der Waals surface area contributed by atoms with Crippen molar-refractivity contribution in [1.82, 2.24) is 20.3 Å². The van der Waals surface area contributed by atoms with Gasteiger partial charge in [0.1, 0.15) is 5.82 Å². The molecule has 0 atom stereocenters. The summed E-state index contributed by atoms with van der Waals surface area (Å²) in [6.45, 7) is 6.35. The summed E-state index contributed by atoms with van der Waals surface area (Å²) in [5, 5.41) is 4.74. The first-order valence-electron chi connectivity index (χ1n) is 9.26. The van der Waals surface area contributed by atoms with Crippen LogP contribution >= 0.6 is 23.7 Å². The molecular weight excluding hydrogens is 376 g/mol. The Labute approximate surface area is 168 Å². The molecule has 5 rings (SSSR count). The van der Waals surface area contributed by atoms with Crippen LogP contribution in [0, 0.1) is 13.8 Å². The summed E-state index contributed by atoms with van der Waals surface area (Å²) in [6, 6.07) is 11.1. The number of thiazole rings is 1. The Morgan fingerprint density at radius 1 is 1.00 bits per heavy atom. The lowest BCUT2D eigenvalue weighted by Gasteiger charge is -2.20. The highest BCUT2D eigenvalue weighted by Crippen LogP contribution is 2.35. The molecule has 4 aromatic rings. The molecule has 0 spiro atoms. The van der Waals surface area contributed by atoms with Gasteiger partial charge in [-0.05, 0) is 80.7 Å². The number of halogens is 1. The number of H-pyrrole nitrogens is 1. The molecule has 1 aliphatic heterocycles. The lowest BCUT2D eigenvalue weighted by molar-refractivity contribution is 0.459. The maximum absolute atomic E-state index is 4.92. The van der Waals surface area contributed by atoms with E-state index in [-0.39, 0.29) is 12.4 Å². The fourth-order valence-electron chi connectivity index (χ4n) is 3.95. The summed E-state index contributed by atoms with van der Waals surface area (Å²) in [6.07, 6.45) is 2.39. The van der Waals surface area contributed by atoms with E-state index in [0.29, 0.717) is 5.92 Å². The number of benzene rings is 2. The van der Waals surface area contributed by atoms with Crippen molar-refractivity contribution in [3.63, 3.8) is 0 Å². The van der Waals surface area contributed by atoms with Crippen molar-refractivity contribution in [2.75, 3.05) is 13.1 Å². The van der Waals surface area contributed by atoms with Crippen LogP contribution in [0.2, 0.25) is 0 Å². The number of aromatic amines is 1. The third kappa shape index (κ3) is 3.35. The predicted molar refractivity (Wildman–Crippen MR) is 116 cm³/mol. The second-order valence-corrected chi connectivity index (χ2v) is 8.33. The van der Waals surface area contributed by atoms with Gasteiger partial charge in [0, 0.05) is 5.92 Å². The molecule has 6 heteroatoms. The number of aromatic nitrogens is 3. The third-order valence-corrected chi connectivity index (χ3v) is 6.50. The van der Waals surface area contributed by atoms with Gasteiger partial charge in [0.15, 0.2) is 0 Å². The monoisotopic (exact) mass is 398 g/mol. The molecule has 0 amide bonds. The first-order valence-corrected chi connectivity index (χ1v) is 10.1. The van der Waals surface area contributed by atoms with Crippen molar-refractivity contribution >= 4 is 45.0 Å². The molecule has 1 saturated heterocycles. The molecule has 140 valence electrons. The van der Waals surface area contributed by atoms with Gasteiger partial charge in [-0.25, -0.2) is 9.97 Å². The highest BCUT2D eigenvalue weighted by Gasteiger charge is 2.19. The van der Waals surface area contributed by atoms with Crippen LogP contribution in [0.1, 0.15) is 35.2 Å². The molecule has 0 aliphatic carbocycles. The average molecular weight is 399 g/mol. The first kappa shape index (κ1) is 18.4. The highest BCUT2D eigenvalue weighted by molar-refractivity contribution is 7.18. The fraction of sp³-hybridized carbons (Fsp3) is 0.333. The summed E-state index contributed by atoms with van der Waals surface area (Å²) in [4.78, 5) is 12.9. The number of nitrogens with zero attached hydrogens (tertiary/aromatic N) is 2. The van der Waals surface area contributed by atoms with Crippen molar-refractivity contribution in [2.45, 2.75) is 32.6 Å². The minimum atomic E-state index is 0. The van der Waals surface area contributed by atoms with Gasteiger partial charge >= 0.3 is 0 Å². The molecule has 0 unspecified atom stereocenters. The Morgan fingerprint density at radius 3 is 2.63 bits per heavy atom. The van der Waals surface area contributed by atoms with E-state index in [9.17, 15) is 0 Å². The molecule has 3 heterocycles. The summed E-state index contributed by atoms with van der Waals surface area (Å²) in [7, 11) is 0. The molecular formula is C21H23ClN4S. The second-order valence-electron chi connectivity index (χ2n) is 7.27. The van der Waals surface area contributed by atoms with E-state index in [1.807, 2.05) is 18.3 Å². The number of fused-ring (bicyclic) bond motifs is 2. The van der Waals surface area contributed by atoms with E-state index in [1.165, 1.54) is 39.2 Å². The van der Waals surface area contributed by atoms with E-state index in [4.69, 9.17) is 4.98 Å². The largest absolute Gasteiger partial charge is 0.342 e. The number of aryl methyl sites for hydroxylation is 2. The zero-order chi connectivity index (χ0) is 17.7. The predicted octanol–water partition coefficient (Wildman–Crippen LogP) is 5.35. The number of piperidine rings is 1. The van der Waals surface area contributed by atoms with Gasteiger partial charge in [0.05, 0.1) is 26.3 Å². The van der Waals surface area contributed by atoms with Gasteiger partial charge in [-0.2, -0.15) is 0 Å². The van der Waals surface area contributed by atoms with Crippen LogP contribution in [-0.2, 0) is 0 Å². The quantitative estimate of drug-likeness (QED) is 0.478. The van der Waals surface area contributed by atoms with Gasteiger partial charge in [-0.3, -0.25) is 0 Å². The maximum Gasteiger partial charge on any atom is 0.104 e. The lowest BCUT2D eigenvalue weighted by Crippen LogP contribution is -2.26. The SMILES string of the molecule is Cc1nc2c(C)cc(-c3ccc4nc(C5CCNCC5)sc4c3)cc2[nH]1.Cl. The molecule has 27 heavy (non-hydrogen) atoms. The molecule has 2 aromatic heterocycles. The Bertz CT molecular complexity index is 1110. The topological polar surface area (TPSA) is 53.6 Å². The lowest BCUT2D eigenvalue weighted by atomic mass is 9.99. The van der Waals surface area contributed by atoms with Gasteiger partial charge < -0.3 is 10.3 Å². The molecule has 0 radical (unpaired) electrons. The molecule has 4 nitrogen and oxygen atoms in total. The summed E-state index contributed by atoms with van der Waals surface area (Å²) >= 11 is 1.87. The average Bonchev–Trinajstić information content (AvgIpc) is 3.24. The molecule has 1 fully saturated rings. The van der Waals surface area contributed by atoms with Crippen molar-refractivity contribution < 1.29 is 0 Å². The van der Waals surface area contributed by atoms with Gasteiger partial charge in [0.2, 0.25) is 0 Å².